The van der Waals surface area contributed by atoms with Crippen LogP contribution < -0.4 is 0 Å². The zero-order chi connectivity index (χ0) is 13.8. The van der Waals surface area contributed by atoms with Gasteiger partial charge in [-0.25, -0.2) is 0 Å². The van der Waals surface area contributed by atoms with Crippen molar-refractivity contribution in [2.24, 2.45) is 5.16 Å². The third kappa shape index (κ3) is 3.20. The lowest BCUT2D eigenvalue weighted by Gasteiger charge is -2.07. The predicted molar refractivity (Wildman–Crippen MR) is 82.2 cm³/mol. The highest BCUT2D eigenvalue weighted by Gasteiger charge is 2.21. The van der Waals surface area contributed by atoms with E-state index in [2.05, 4.69) is 29.4 Å². The molecule has 2 aromatic carbocycles. The molecule has 2 nitrogen and oxygen atoms in total. The van der Waals surface area contributed by atoms with Crippen LogP contribution in [0.15, 0.2) is 59.8 Å². The highest BCUT2D eigenvalue weighted by molar-refractivity contribution is 6.30. The van der Waals surface area contributed by atoms with Crippen molar-refractivity contribution in [3.8, 4) is 0 Å². The molecule has 3 rings (SSSR count). The second-order valence-corrected chi connectivity index (χ2v) is 5.44. The molecule has 0 amide bonds. The van der Waals surface area contributed by atoms with Gasteiger partial charge in [-0.3, -0.25) is 0 Å². The molecule has 2 aromatic rings. The molecule has 1 aliphatic rings. The molecule has 0 saturated carbocycles. The lowest BCUT2D eigenvalue weighted by molar-refractivity contribution is 0.0794. The van der Waals surface area contributed by atoms with Gasteiger partial charge < -0.3 is 4.84 Å². The number of nitrogens with zero attached hydrogens (tertiary/aromatic N) is 1. The Kier molecular flexibility index (Phi) is 4.03. The van der Waals surface area contributed by atoms with Gasteiger partial charge >= 0.3 is 0 Å². The number of hydrogen-bond acceptors (Lipinski definition) is 2. The van der Waals surface area contributed by atoms with Gasteiger partial charge in [-0.15, -0.1) is 0 Å². The second-order valence-electron chi connectivity index (χ2n) is 5.00. The highest BCUT2D eigenvalue weighted by atomic mass is 35.5. The molecule has 0 spiro atoms. The number of aryl methyl sites for hydroxylation is 1. The van der Waals surface area contributed by atoms with Crippen LogP contribution in [0.2, 0.25) is 5.02 Å². The summed E-state index contributed by atoms with van der Waals surface area (Å²) in [5.74, 6) is 0. The number of benzene rings is 2. The fraction of sp³-hybridized carbons (Fsp3) is 0.235. The number of rotatable bonds is 4. The van der Waals surface area contributed by atoms with Gasteiger partial charge in [0.25, 0.3) is 0 Å². The maximum absolute atomic E-state index is 5.89. The molecule has 1 heterocycles. The maximum atomic E-state index is 5.89. The van der Waals surface area contributed by atoms with Gasteiger partial charge in [-0.05, 0) is 36.1 Å². The first-order valence-corrected chi connectivity index (χ1v) is 7.21. The van der Waals surface area contributed by atoms with Crippen LogP contribution in [0.3, 0.4) is 0 Å². The fourth-order valence-corrected chi connectivity index (χ4v) is 2.49. The largest absolute Gasteiger partial charge is 0.392 e. The van der Waals surface area contributed by atoms with Crippen LogP contribution in [0, 0.1) is 0 Å². The molecular weight excluding hydrogens is 270 g/mol. The SMILES string of the molecule is Clc1ccc(C2=NOC(CCc3ccccc3)C2)cc1. The zero-order valence-corrected chi connectivity index (χ0v) is 11.9. The quantitative estimate of drug-likeness (QED) is 0.812. The topological polar surface area (TPSA) is 21.6 Å². The van der Waals surface area contributed by atoms with E-state index >= 15 is 0 Å². The average Bonchev–Trinajstić information content (AvgIpc) is 2.96. The summed E-state index contributed by atoms with van der Waals surface area (Å²) < 4.78 is 0. The summed E-state index contributed by atoms with van der Waals surface area (Å²) in [6.07, 6.45) is 3.06. The molecule has 1 atom stereocenters. The summed E-state index contributed by atoms with van der Waals surface area (Å²) in [5, 5.41) is 4.95. The first-order chi connectivity index (χ1) is 9.81. The van der Waals surface area contributed by atoms with Gasteiger partial charge in [0.05, 0.1) is 5.71 Å². The summed E-state index contributed by atoms with van der Waals surface area (Å²) in [6.45, 7) is 0. The van der Waals surface area contributed by atoms with Gasteiger partial charge in [0.2, 0.25) is 0 Å². The number of hydrogen-bond donors (Lipinski definition) is 0. The number of halogens is 1. The molecule has 20 heavy (non-hydrogen) atoms. The molecule has 0 aromatic heterocycles. The van der Waals surface area contributed by atoms with Crippen LogP contribution in [0.1, 0.15) is 24.0 Å². The van der Waals surface area contributed by atoms with E-state index in [1.807, 2.05) is 30.3 Å². The Bertz CT molecular complexity index is 592. The molecule has 0 aliphatic carbocycles. The normalized spacial score (nSPS) is 17.6. The molecule has 0 saturated heterocycles. The summed E-state index contributed by atoms with van der Waals surface area (Å²) >= 11 is 5.89. The lowest BCUT2D eigenvalue weighted by atomic mass is 10.0. The zero-order valence-electron chi connectivity index (χ0n) is 11.1. The van der Waals surface area contributed by atoms with E-state index < -0.39 is 0 Å². The van der Waals surface area contributed by atoms with Gasteiger partial charge in [-0.2, -0.15) is 0 Å². The van der Waals surface area contributed by atoms with Crippen LogP contribution in [0.4, 0.5) is 0 Å². The van der Waals surface area contributed by atoms with E-state index in [1.165, 1.54) is 5.56 Å². The van der Waals surface area contributed by atoms with Crippen LogP contribution in [0.25, 0.3) is 0 Å². The van der Waals surface area contributed by atoms with Crippen molar-refractivity contribution in [3.05, 3.63) is 70.7 Å². The molecule has 3 heteroatoms. The third-order valence-electron chi connectivity index (χ3n) is 3.51. The van der Waals surface area contributed by atoms with Crippen LogP contribution in [-0.2, 0) is 11.3 Å². The summed E-state index contributed by atoms with van der Waals surface area (Å²) in [6, 6.07) is 18.2. The van der Waals surface area contributed by atoms with Crippen LogP contribution in [-0.4, -0.2) is 11.8 Å². The molecule has 0 fully saturated rings. The lowest BCUT2D eigenvalue weighted by Crippen LogP contribution is -2.09. The minimum absolute atomic E-state index is 0.181. The Hall–Kier alpha value is -1.80. The first kappa shape index (κ1) is 13.2. The smallest absolute Gasteiger partial charge is 0.133 e. The van der Waals surface area contributed by atoms with E-state index in [9.17, 15) is 0 Å². The minimum atomic E-state index is 0.181. The van der Waals surface area contributed by atoms with Crippen molar-refractivity contribution in [1.29, 1.82) is 0 Å². The standard InChI is InChI=1S/C17H16ClNO/c18-15-9-7-14(8-10-15)17-12-16(20-19-17)11-6-13-4-2-1-3-5-13/h1-5,7-10,16H,6,11-12H2. The van der Waals surface area contributed by atoms with Crippen LogP contribution in [0.5, 0.6) is 0 Å². The Morgan fingerprint density at radius 2 is 1.80 bits per heavy atom. The Balaban J connectivity index is 1.55. The van der Waals surface area contributed by atoms with Crippen molar-refractivity contribution in [3.63, 3.8) is 0 Å². The molecule has 102 valence electrons. The summed E-state index contributed by atoms with van der Waals surface area (Å²) in [4.78, 5) is 5.53. The maximum Gasteiger partial charge on any atom is 0.133 e. The van der Waals surface area contributed by atoms with Crippen molar-refractivity contribution < 1.29 is 4.84 Å². The van der Waals surface area contributed by atoms with Crippen LogP contribution >= 0.6 is 11.6 Å². The van der Waals surface area contributed by atoms with Gasteiger partial charge in [0.1, 0.15) is 6.10 Å². The molecule has 0 bridgehead atoms. The van der Waals surface area contributed by atoms with Gasteiger partial charge in [-0.1, -0.05) is 59.2 Å². The van der Waals surface area contributed by atoms with Crippen molar-refractivity contribution >= 4 is 17.3 Å². The predicted octanol–water partition coefficient (Wildman–Crippen LogP) is 4.47. The third-order valence-corrected chi connectivity index (χ3v) is 3.76. The van der Waals surface area contributed by atoms with Gasteiger partial charge in [0.15, 0.2) is 0 Å². The van der Waals surface area contributed by atoms with E-state index in [1.54, 1.807) is 0 Å². The Labute approximate surface area is 124 Å². The Morgan fingerprint density at radius 1 is 1.05 bits per heavy atom. The molecule has 0 radical (unpaired) electrons. The van der Waals surface area contributed by atoms with E-state index in [0.717, 1.165) is 35.6 Å². The molecule has 0 N–H and O–H groups in total. The summed E-state index contributed by atoms with van der Waals surface area (Å²) in [7, 11) is 0. The van der Waals surface area contributed by atoms with E-state index in [-0.39, 0.29) is 6.10 Å². The fourth-order valence-electron chi connectivity index (χ4n) is 2.37. The monoisotopic (exact) mass is 285 g/mol. The van der Waals surface area contributed by atoms with Crippen molar-refractivity contribution in [1.82, 2.24) is 0 Å². The second kappa shape index (κ2) is 6.10. The highest BCUT2D eigenvalue weighted by Crippen LogP contribution is 2.21. The van der Waals surface area contributed by atoms with E-state index in [4.69, 9.17) is 16.4 Å². The average molecular weight is 286 g/mol. The summed E-state index contributed by atoms with van der Waals surface area (Å²) in [5.41, 5.74) is 3.45. The minimum Gasteiger partial charge on any atom is -0.392 e. The molecule has 1 unspecified atom stereocenters. The Morgan fingerprint density at radius 3 is 2.55 bits per heavy atom. The molecular formula is C17H16ClNO. The van der Waals surface area contributed by atoms with E-state index in [0.29, 0.717) is 0 Å². The van der Waals surface area contributed by atoms with Crippen molar-refractivity contribution in [2.45, 2.75) is 25.4 Å². The number of oxime groups is 1. The van der Waals surface area contributed by atoms with Gasteiger partial charge in [0, 0.05) is 11.4 Å². The first-order valence-electron chi connectivity index (χ1n) is 6.84. The molecule has 1 aliphatic heterocycles. The van der Waals surface area contributed by atoms with Crippen molar-refractivity contribution in [2.75, 3.05) is 0 Å².